The van der Waals surface area contributed by atoms with Crippen molar-refractivity contribution >= 4 is 5.97 Å². The number of nitrogens with one attached hydrogen (secondary N) is 1. The van der Waals surface area contributed by atoms with Gasteiger partial charge in [-0.1, -0.05) is 12.1 Å². The molecule has 7 heteroatoms. The summed E-state index contributed by atoms with van der Waals surface area (Å²) in [6, 6.07) is 7.90. The molecule has 0 bridgehead atoms. The number of benzene rings is 1. The third-order valence-electron chi connectivity index (χ3n) is 3.38. The Labute approximate surface area is 143 Å². The molecule has 1 N–H and O–H groups in total. The summed E-state index contributed by atoms with van der Waals surface area (Å²) in [6.45, 7) is 6.20. The topological polar surface area (TPSA) is 65.9 Å². The van der Waals surface area contributed by atoms with Gasteiger partial charge in [0.15, 0.2) is 0 Å². The quantitative estimate of drug-likeness (QED) is 0.789. The van der Waals surface area contributed by atoms with Crippen molar-refractivity contribution in [3.05, 3.63) is 46.8 Å². The van der Waals surface area contributed by atoms with Crippen LogP contribution in [0.3, 0.4) is 0 Å². The zero-order valence-electron chi connectivity index (χ0n) is 14.2. The molecule has 0 aliphatic rings. The van der Waals surface area contributed by atoms with Gasteiger partial charge in [0, 0.05) is 11.3 Å². The van der Waals surface area contributed by atoms with Crippen LogP contribution in [-0.2, 0) is 10.9 Å². The van der Waals surface area contributed by atoms with Gasteiger partial charge in [-0.3, -0.25) is 0 Å². The Bertz CT molecular complexity index is 835. The molecule has 132 valence electrons. The Kier molecular flexibility index (Phi) is 4.67. The van der Waals surface area contributed by atoms with E-state index in [1.807, 2.05) is 6.07 Å². The zero-order chi connectivity index (χ0) is 19.0. The highest BCUT2D eigenvalue weighted by atomic mass is 19.4. The Morgan fingerprint density at radius 1 is 1.16 bits per heavy atom. The number of hydrogen-bond donors (Lipinski definition) is 1. The second-order valence-electron chi connectivity index (χ2n) is 6.56. The first-order valence-electron chi connectivity index (χ1n) is 7.47. The van der Waals surface area contributed by atoms with Gasteiger partial charge in [0.25, 0.3) is 0 Å². The highest BCUT2D eigenvalue weighted by Crippen LogP contribution is 2.39. The minimum absolute atomic E-state index is 0.117. The fourth-order valence-corrected chi connectivity index (χ4v) is 2.44. The van der Waals surface area contributed by atoms with Gasteiger partial charge < -0.3 is 9.72 Å². The molecule has 0 radical (unpaired) electrons. The van der Waals surface area contributed by atoms with Crippen molar-refractivity contribution in [2.45, 2.75) is 39.5 Å². The van der Waals surface area contributed by atoms with E-state index in [1.54, 1.807) is 20.8 Å². The van der Waals surface area contributed by atoms with E-state index >= 15 is 0 Å². The van der Waals surface area contributed by atoms with Gasteiger partial charge in [0.1, 0.15) is 11.3 Å². The molecule has 0 aliphatic carbocycles. The highest BCUT2D eigenvalue weighted by molar-refractivity contribution is 6.00. The molecule has 0 aliphatic heterocycles. The van der Waals surface area contributed by atoms with Crippen molar-refractivity contribution in [1.82, 2.24) is 4.98 Å². The van der Waals surface area contributed by atoms with Crippen LogP contribution < -0.4 is 0 Å². The number of carbonyl (C=O) groups excluding carboxylic acids is 1. The van der Waals surface area contributed by atoms with E-state index in [0.29, 0.717) is 11.1 Å². The number of nitrogens with zero attached hydrogens (tertiary/aromatic N) is 1. The Morgan fingerprint density at radius 3 is 2.16 bits per heavy atom. The molecule has 0 amide bonds. The summed E-state index contributed by atoms with van der Waals surface area (Å²) in [5.41, 5.74) is -1.56. The molecule has 0 spiro atoms. The molecule has 0 saturated heterocycles. The lowest BCUT2D eigenvalue weighted by atomic mass is 9.99. The first-order valence-corrected chi connectivity index (χ1v) is 7.47. The number of carbonyl (C=O) groups is 1. The molecular formula is C18H17F3N2O2. The smallest absolute Gasteiger partial charge is 0.432 e. The van der Waals surface area contributed by atoms with Crippen molar-refractivity contribution in [3.63, 3.8) is 0 Å². The molecule has 1 heterocycles. The van der Waals surface area contributed by atoms with Gasteiger partial charge >= 0.3 is 12.1 Å². The summed E-state index contributed by atoms with van der Waals surface area (Å²) in [5, 5.41) is 8.86. The molecule has 0 saturated carbocycles. The first-order chi connectivity index (χ1) is 11.4. The molecule has 1 aromatic heterocycles. The Morgan fingerprint density at radius 2 is 1.72 bits per heavy atom. The van der Waals surface area contributed by atoms with Gasteiger partial charge in [-0.2, -0.15) is 18.4 Å². The maximum atomic E-state index is 13.4. The van der Waals surface area contributed by atoms with Crippen LogP contribution in [0.1, 0.15) is 48.1 Å². The SMILES string of the molecule is Cc1[nH]c(C(F)(F)F)c(C(=O)OC(C)(C)C)c1-c1ccc(C#N)cc1. The van der Waals surface area contributed by atoms with E-state index in [1.165, 1.54) is 31.2 Å². The van der Waals surface area contributed by atoms with Gasteiger partial charge in [0.2, 0.25) is 0 Å². The van der Waals surface area contributed by atoms with Crippen LogP contribution in [-0.4, -0.2) is 16.6 Å². The van der Waals surface area contributed by atoms with Crippen molar-refractivity contribution in [2.24, 2.45) is 0 Å². The molecule has 2 aromatic rings. The number of H-pyrrole nitrogens is 1. The summed E-state index contributed by atoms with van der Waals surface area (Å²) >= 11 is 0. The lowest BCUT2D eigenvalue weighted by Crippen LogP contribution is -2.25. The summed E-state index contributed by atoms with van der Waals surface area (Å²) in [7, 11) is 0. The molecular weight excluding hydrogens is 333 g/mol. The van der Waals surface area contributed by atoms with E-state index in [9.17, 15) is 18.0 Å². The highest BCUT2D eigenvalue weighted by Gasteiger charge is 2.41. The van der Waals surface area contributed by atoms with Crippen LogP contribution in [0.25, 0.3) is 11.1 Å². The summed E-state index contributed by atoms with van der Waals surface area (Å²) < 4.78 is 45.3. The third kappa shape index (κ3) is 4.02. The van der Waals surface area contributed by atoms with Gasteiger partial charge in [-0.05, 0) is 45.4 Å². The van der Waals surface area contributed by atoms with E-state index in [0.717, 1.165) is 0 Å². The lowest BCUT2D eigenvalue weighted by Gasteiger charge is -2.20. The average molecular weight is 350 g/mol. The number of halogens is 3. The molecule has 1 aromatic carbocycles. The largest absolute Gasteiger partial charge is 0.456 e. The fraction of sp³-hybridized carbons (Fsp3) is 0.333. The number of ether oxygens (including phenoxy) is 1. The number of aromatic nitrogens is 1. The average Bonchev–Trinajstić information content (AvgIpc) is 2.83. The van der Waals surface area contributed by atoms with Crippen molar-refractivity contribution in [2.75, 3.05) is 0 Å². The number of nitriles is 1. The van der Waals surface area contributed by atoms with Crippen LogP contribution in [0, 0.1) is 18.3 Å². The molecule has 0 fully saturated rings. The maximum Gasteiger partial charge on any atom is 0.432 e. The van der Waals surface area contributed by atoms with E-state index in [2.05, 4.69) is 4.98 Å². The van der Waals surface area contributed by atoms with Crippen LogP contribution in [0.2, 0.25) is 0 Å². The van der Waals surface area contributed by atoms with Crippen LogP contribution in [0.15, 0.2) is 24.3 Å². The number of hydrogen-bond acceptors (Lipinski definition) is 3. The molecule has 25 heavy (non-hydrogen) atoms. The van der Waals surface area contributed by atoms with E-state index < -0.39 is 29.0 Å². The molecule has 0 unspecified atom stereocenters. The lowest BCUT2D eigenvalue weighted by molar-refractivity contribution is -0.141. The monoisotopic (exact) mass is 350 g/mol. The predicted molar refractivity (Wildman–Crippen MR) is 85.9 cm³/mol. The summed E-state index contributed by atoms with van der Waals surface area (Å²) in [6.07, 6.45) is -4.73. The second-order valence-corrected chi connectivity index (χ2v) is 6.56. The van der Waals surface area contributed by atoms with Crippen LogP contribution in [0.4, 0.5) is 13.2 Å². The van der Waals surface area contributed by atoms with Gasteiger partial charge in [-0.15, -0.1) is 0 Å². The van der Waals surface area contributed by atoms with Gasteiger partial charge in [-0.25, -0.2) is 4.79 Å². The van der Waals surface area contributed by atoms with Crippen LogP contribution >= 0.6 is 0 Å². The third-order valence-corrected chi connectivity index (χ3v) is 3.38. The zero-order valence-corrected chi connectivity index (χ0v) is 14.2. The number of rotatable bonds is 2. The number of esters is 1. The Balaban J connectivity index is 2.68. The van der Waals surface area contributed by atoms with E-state index in [-0.39, 0.29) is 11.3 Å². The summed E-state index contributed by atoms with van der Waals surface area (Å²) in [4.78, 5) is 14.7. The molecule has 2 rings (SSSR count). The number of aryl methyl sites for hydroxylation is 1. The van der Waals surface area contributed by atoms with Crippen LogP contribution in [0.5, 0.6) is 0 Å². The second kappa shape index (κ2) is 6.28. The standard InChI is InChI=1S/C18H17F3N2O2/c1-10-13(12-7-5-11(9-22)6-8-12)14(15(23-10)18(19,20)21)16(24)25-17(2,3)4/h5-8,23H,1-4H3. The maximum absolute atomic E-state index is 13.4. The van der Waals surface area contributed by atoms with Crippen molar-refractivity contribution < 1.29 is 22.7 Å². The predicted octanol–water partition coefficient (Wildman–Crippen LogP) is 4.84. The van der Waals surface area contributed by atoms with Gasteiger partial charge in [0.05, 0.1) is 17.2 Å². The van der Waals surface area contributed by atoms with E-state index in [4.69, 9.17) is 10.00 Å². The van der Waals surface area contributed by atoms with Crippen molar-refractivity contribution in [3.8, 4) is 17.2 Å². The first kappa shape index (κ1) is 18.6. The number of alkyl halides is 3. The minimum Gasteiger partial charge on any atom is -0.456 e. The fourth-order valence-electron chi connectivity index (χ4n) is 2.44. The molecule has 0 atom stereocenters. The number of aromatic amines is 1. The molecule has 4 nitrogen and oxygen atoms in total. The Hall–Kier alpha value is -2.75. The normalized spacial score (nSPS) is 11.9. The van der Waals surface area contributed by atoms with Crippen molar-refractivity contribution in [1.29, 1.82) is 5.26 Å². The summed E-state index contributed by atoms with van der Waals surface area (Å²) in [5.74, 6) is -1.05. The minimum atomic E-state index is -4.73.